The second-order valence-electron chi connectivity index (χ2n) is 4.89. The molecule has 0 bridgehead atoms. The number of pyridine rings is 2. The van der Waals surface area contributed by atoms with Gasteiger partial charge < -0.3 is 14.5 Å². The Bertz CT molecular complexity index is 1010. The van der Waals surface area contributed by atoms with Crippen molar-refractivity contribution in [2.24, 2.45) is 0 Å². The van der Waals surface area contributed by atoms with E-state index in [1.54, 1.807) is 12.1 Å². The molecule has 3 aromatic heterocycles. The molecule has 9 nitrogen and oxygen atoms in total. The van der Waals surface area contributed by atoms with E-state index in [9.17, 15) is 14.4 Å². The molecule has 0 amide bonds. The van der Waals surface area contributed by atoms with Crippen LogP contribution >= 0.6 is 0 Å². The minimum Gasteiger partial charge on any atom is -0.481 e. The van der Waals surface area contributed by atoms with Gasteiger partial charge in [-0.3, -0.25) is 9.59 Å². The van der Waals surface area contributed by atoms with E-state index in [4.69, 9.17) is 9.47 Å². The Morgan fingerprint density at radius 1 is 1.24 bits per heavy atom. The van der Waals surface area contributed by atoms with Gasteiger partial charge in [-0.2, -0.15) is 0 Å². The summed E-state index contributed by atoms with van der Waals surface area (Å²) < 4.78 is 9.90. The minimum atomic E-state index is -0.783. The van der Waals surface area contributed by atoms with Crippen LogP contribution in [-0.2, 0) is 4.74 Å². The molecule has 0 fully saturated rings. The molecule has 0 atom stereocenters. The molecule has 0 unspecified atom stereocenters. The van der Waals surface area contributed by atoms with Gasteiger partial charge in [0.15, 0.2) is 12.3 Å². The number of nitrogens with one attached hydrogen (secondary N) is 1. The fourth-order valence-corrected chi connectivity index (χ4v) is 2.04. The Balaban J connectivity index is 1.73. The van der Waals surface area contributed by atoms with Gasteiger partial charge in [-0.1, -0.05) is 6.07 Å². The number of nitrogens with zero attached hydrogens (tertiary/aromatic N) is 3. The van der Waals surface area contributed by atoms with E-state index < -0.39 is 23.9 Å². The third kappa shape index (κ3) is 3.50. The van der Waals surface area contributed by atoms with E-state index in [0.29, 0.717) is 0 Å². The number of ether oxygens (including phenoxy) is 2. The first kappa shape index (κ1) is 16.2. The number of ketones is 1. The van der Waals surface area contributed by atoms with Gasteiger partial charge in [0.2, 0.25) is 11.7 Å². The molecule has 0 spiro atoms. The number of methoxy groups -OCH3 is 1. The first-order valence-corrected chi connectivity index (χ1v) is 7.13. The number of fused-ring (bicyclic) bond motifs is 1. The van der Waals surface area contributed by atoms with E-state index in [1.165, 1.54) is 31.8 Å². The van der Waals surface area contributed by atoms with Crippen molar-refractivity contribution < 1.29 is 19.1 Å². The highest BCUT2D eigenvalue weighted by Gasteiger charge is 2.15. The zero-order valence-corrected chi connectivity index (χ0v) is 13.1. The minimum absolute atomic E-state index is 0.0393. The Labute approximate surface area is 140 Å². The smallest absolute Gasteiger partial charge is 0.340 e. The van der Waals surface area contributed by atoms with Crippen molar-refractivity contribution in [3.8, 4) is 5.88 Å². The van der Waals surface area contributed by atoms with Crippen LogP contribution in [0.4, 0.5) is 0 Å². The Kier molecular flexibility index (Phi) is 4.46. The molecular formula is C16H12N4O5. The molecule has 3 heterocycles. The molecular weight excluding hydrogens is 328 g/mol. The summed E-state index contributed by atoms with van der Waals surface area (Å²) >= 11 is 0. The molecule has 0 radical (unpaired) electrons. The summed E-state index contributed by atoms with van der Waals surface area (Å²) in [5.74, 6) is -0.989. The number of H-pyrrole nitrogens is 1. The van der Waals surface area contributed by atoms with E-state index in [2.05, 4.69) is 19.9 Å². The molecule has 25 heavy (non-hydrogen) atoms. The average molecular weight is 340 g/mol. The summed E-state index contributed by atoms with van der Waals surface area (Å²) in [4.78, 5) is 50.0. The van der Waals surface area contributed by atoms with Crippen LogP contribution in [0, 0.1) is 0 Å². The van der Waals surface area contributed by atoms with E-state index in [0.717, 1.165) is 0 Å². The first-order chi connectivity index (χ1) is 12.1. The molecule has 1 N–H and O–H groups in total. The van der Waals surface area contributed by atoms with Crippen LogP contribution in [0.5, 0.6) is 5.88 Å². The molecule has 9 heteroatoms. The third-order valence-corrected chi connectivity index (χ3v) is 3.28. The highest BCUT2D eigenvalue weighted by molar-refractivity contribution is 5.98. The summed E-state index contributed by atoms with van der Waals surface area (Å²) in [6, 6.07) is 5.99. The van der Waals surface area contributed by atoms with Crippen LogP contribution in [0.1, 0.15) is 20.8 Å². The fourth-order valence-electron chi connectivity index (χ4n) is 2.04. The normalized spacial score (nSPS) is 10.4. The van der Waals surface area contributed by atoms with Crippen molar-refractivity contribution in [3.05, 3.63) is 58.4 Å². The van der Waals surface area contributed by atoms with E-state index >= 15 is 0 Å². The van der Waals surface area contributed by atoms with Gasteiger partial charge in [0, 0.05) is 12.3 Å². The Morgan fingerprint density at radius 3 is 2.88 bits per heavy atom. The van der Waals surface area contributed by atoms with Crippen molar-refractivity contribution >= 4 is 22.8 Å². The first-order valence-electron chi connectivity index (χ1n) is 7.13. The maximum atomic E-state index is 12.1. The van der Waals surface area contributed by atoms with Crippen molar-refractivity contribution in [2.75, 3.05) is 13.7 Å². The molecule has 3 rings (SSSR count). The van der Waals surface area contributed by atoms with E-state index in [-0.39, 0.29) is 28.2 Å². The number of rotatable bonds is 5. The zero-order valence-electron chi connectivity index (χ0n) is 13.1. The van der Waals surface area contributed by atoms with Gasteiger partial charge in [0.05, 0.1) is 24.4 Å². The fraction of sp³-hybridized carbons (Fsp3) is 0.125. The standard InChI is InChI=1S/C16H12N4O5/c1-24-13-4-2-3-11(20-13)12(21)7-25-16(23)9-5-10-14(17-6-9)18-8-19-15(10)22/h2-6,8H,7H2,1H3,(H,17,18,19,22). The van der Waals surface area contributed by atoms with Crippen molar-refractivity contribution in [1.82, 2.24) is 19.9 Å². The quantitative estimate of drug-likeness (QED) is 0.533. The number of Topliss-reactive ketones (excluding diaryl/α,β-unsaturated/α-hetero) is 1. The van der Waals surface area contributed by atoms with Gasteiger partial charge in [0.25, 0.3) is 5.56 Å². The topological polar surface area (TPSA) is 124 Å². The summed E-state index contributed by atoms with van der Waals surface area (Å²) in [6.45, 7) is -0.500. The van der Waals surface area contributed by atoms with Crippen LogP contribution in [0.2, 0.25) is 0 Å². The van der Waals surface area contributed by atoms with Gasteiger partial charge in [-0.05, 0) is 12.1 Å². The second-order valence-corrected chi connectivity index (χ2v) is 4.89. The predicted octanol–water partition coefficient (Wildman–Crippen LogP) is 0.761. The number of esters is 1. The van der Waals surface area contributed by atoms with Crippen LogP contribution in [0.3, 0.4) is 0 Å². The summed E-state index contributed by atoms with van der Waals surface area (Å²) in [5.41, 5.74) is -0.0670. The lowest BCUT2D eigenvalue weighted by atomic mass is 10.2. The van der Waals surface area contributed by atoms with Crippen molar-refractivity contribution in [3.63, 3.8) is 0 Å². The van der Waals surface area contributed by atoms with Crippen LogP contribution in [0.15, 0.2) is 41.6 Å². The lowest BCUT2D eigenvalue weighted by Gasteiger charge is -2.05. The summed E-state index contributed by atoms with van der Waals surface area (Å²) in [5, 5.41) is 0.151. The third-order valence-electron chi connectivity index (χ3n) is 3.28. The Hall–Kier alpha value is -3.62. The highest BCUT2D eigenvalue weighted by atomic mass is 16.5. The van der Waals surface area contributed by atoms with Crippen molar-refractivity contribution in [1.29, 1.82) is 0 Å². The molecule has 126 valence electrons. The number of carbonyl (C=O) groups excluding carboxylic acids is 2. The number of aromatic nitrogens is 4. The molecule has 0 aromatic carbocycles. The summed E-state index contributed by atoms with van der Waals surface area (Å²) in [7, 11) is 1.43. The lowest BCUT2D eigenvalue weighted by molar-refractivity contribution is 0.0473. The molecule has 0 saturated carbocycles. The maximum absolute atomic E-state index is 12.1. The number of aromatic amines is 1. The number of hydrogen-bond donors (Lipinski definition) is 1. The molecule has 3 aromatic rings. The SMILES string of the molecule is COc1cccc(C(=O)COC(=O)c2cnc3nc[nH]c(=O)c3c2)n1. The van der Waals surface area contributed by atoms with Crippen LogP contribution in [-0.4, -0.2) is 45.4 Å². The Morgan fingerprint density at radius 2 is 2.08 bits per heavy atom. The highest BCUT2D eigenvalue weighted by Crippen LogP contribution is 2.10. The van der Waals surface area contributed by atoms with Gasteiger partial charge >= 0.3 is 5.97 Å². The lowest BCUT2D eigenvalue weighted by Crippen LogP contribution is -2.16. The molecule has 0 saturated heterocycles. The van der Waals surface area contributed by atoms with Crippen LogP contribution < -0.4 is 10.3 Å². The van der Waals surface area contributed by atoms with E-state index in [1.807, 2.05) is 0 Å². The second kappa shape index (κ2) is 6.87. The van der Waals surface area contributed by atoms with Gasteiger partial charge in [0.1, 0.15) is 5.69 Å². The molecule has 0 aliphatic rings. The number of hydrogen-bond acceptors (Lipinski definition) is 8. The maximum Gasteiger partial charge on any atom is 0.340 e. The van der Waals surface area contributed by atoms with Gasteiger partial charge in [-0.25, -0.2) is 19.7 Å². The van der Waals surface area contributed by atoms with Gasteiger partial charge in [-0.15, -0.1) is 0 Å². The average Bonchev–Trinajstić information content (AvgIpc) is 2.66. The molecule has 0 aliphatic heterocycles. The van der Waals surface area contributed by atoms with Crippen LogP contribution in [0.25, 0.3) is 11.0 Å². The zero-order chi connectivity index (χ0) is 17.8. The summed E-state index contributed by atoms with van der Waals surface area (Å²) in [6.07, 6.45) is 2.45. The molecule has 0 aliphatic carbocycles. The monoisotopic (exact) mass is 340 g/mol. The van der Waals surface area contributed by atoms with Crippen molar-refractivity contribution in [2.45, 2.75) is 0 Å². The predicted molar refractivity (Wildman–Crippen MR) is 85.6 cm³/mol. The largest absolute Gasteiger partial charge is 0.481 e. The number of carbonyl (C=O) groups is 2.